The molecule has 3 fully saturated rings. The summed E-state index contributed by atoms with van der Waals surface area (Å²) < 4.78 is 17.2. The number of nitrogens with zero attached hydrogens (tertiary/aromatic N) is 1. The maximum Gasteiger partial charge on any atom is 0.374 e. The van der Waals surface area contributed by atoms with Gasteiger partial charge in [0.1, 0.15) is 23.8 Å². The number of carbonyl (C=O) groups excluding carboxylic acids is 4. The van der Waals surface area contributed by atoms with Gasteiger partial charge in [0.15, 0.2) is 6.61 Å². The summed E-state index contributed by atoms with van der Waals surface area (Å²) in [5.74, 6) is -1.82. The van der Waals surface area contributed by atoms with E-state index in [0.29, 0.717) is 5.75 Å². The number of halogens is 1. The van der Waals surface area contributed by atoms with Gasteiger partial charge in [0.25, 0.3) is 17.5 Å². The van der Waals surface area contributed by atoms with E-state index in [1.165, 1.54) is 16.7 Å². The maximum atomic E-state index is 13.1. The van der Waals surface area contributed by atoms with Gasteiger partial charge in [0.05, 0.1) is 11.7 Å². The smallest absolute Gasteiger partial charge is 0.374 e. The minimum absolute atomic E-state index is 0.0316. The number of carbonyl (C=O) groups is 4. The molecule has 1 N–H and O–H groups in total. The molecule has 9 nitrogen and oxygen atoms in total. The predicted molar refractivity (Wildman–Crippen MR) is 123 cm³/mol. The van der Waals surface area contributed by atoms with E-state index in [4.69, 9.17) is 14.2 Å². The zero-order valence-corrected chi connectivity index (χ0v) is 20.0. The minimum atomic E-state index is -1.82. The van der Waals surface area contributed by atoms with E-state index in [2.05, 4.69) is 21.2 Å². The molecule has 3 aliphatic rings. The number of fused-ring (bicyclic) bond motifs is 3. The lowest BCUT2D eigenvalue weighted by Crippen LogP contribution is -2.75. The van der Waals surface area contributed by atoms with Gasteiger partial charge in [-0.1, -0.05) is 46.3 Å². The summed E-state index contributed by atoms with van der Waals surface area (Å²) in [5, 5.41) is 1.49. The van der Waals surface area contributed by atoms with E-state index in [-0.39, 0.29) is 19.6 Å². The molecule has 3 saturated heterocycles. The number of esters is 2. The fraction of sp³-hybridized carbons (Fsp3) is 0.304. The molecule has 176 valence electrons. The van der Waals surface area contributed by atoms with E-state index < -0.39 is 46.1 Å². The summed E-state index contributed by atoms with van der Waals surface area (Å²) in [6.45, 7) is -0.295. The average Bonchev–Trinajstić information content (AvgIpc) is 3.30. The summed E-state index contributed by atoms with van der Waals surface area (Å²) in [6, 6.07) is 15.2. The van der Waals surface area contributed by atoms with Crippen LogP contribution in [0.25, 0.3) is 0 Å². The molecule has 11 heteroatoms. The lowest BCUT2D eigenvalue weighted by molar-refractivity contribution is -0.208. The van der Waals surface area contributed by atoms with Crippen LogP contribution in [0.3, 0.4) is 0 Å². The Kier molecular flexibility index (Phi) is 5.98. The number of hydrogen-bond acceptors (Lipinski definition) is 8. The highest BCUT2D eigenvalue weighted by molar-refractivity contribution is 9.10. The Hall–Kier alpha value is -3.05. The van der Waals surface area contributed by atoms with Crippen molar-refractivity contribution in [3.05, 3.63) is 64.6 Å². The Morgan fingerprint density at radius 1 is 1.15 bits per heavy atom. The molecule has 0 spiro atoms. The Bertz CT molecular complexity index is 1150. The van der Waals surface area contributed by atoms with E-state index in [0.717, 1.165) is 10.0 Å². The van der Waals surface area contributed by atoms with Crippen LogP contribution in [0.2, 0.25) is 0 Å². The molecule has 4 atom stereocenters. The number of para-hydroxylation sites is 1. The molecule has 0 bridgehead atoms. The minimum Gasteiger partial charge on any atom is -0.484 e. The van der Waals surface area contributed by atoms with Crippen LogP contribution in [-0.2, 0) is 35.3 Å². The first-order chi connectivity index (χ1) is 16.4. The van der Waals surface area contributed by atoms with Crippen molar-refractivity contribution >= 4 is 51.4 Å². The Balaban J connectivity index is 1.24. The molecule has 0 radical (unpaired) electrons. The molecule has 0 unspecified atom stereocenters. The monoisotopic (exact) mass is 546 g/mol. The van der Waals surface area contributed by atoms with E-state index in [9.17, 15) is 19.2 Å². The Morgan fingerprint density at radius 3 is 2.62 bits per heavy atom. The fourth-order valence-electron chi connectivity index (χ4n) is 4.16. The fourth-order valence-corrected chi connectivity index (χ4v) is 6.16. The van der Waals surface area contributed by atoms with Crippen LogP contribution in [0.4, 0.5) is 0 Å². The summed E-state index contributed by atoms with van der Waals surface area (Å²) in [6.07, 6.45) is -0.0316. The number of β-lactam (4-membered cyclic amide) rings is 1. The summed E-state index contributed by atoms with van der Waals surface area (Å²) in [5.41, 5.74) is -1.07. The van der Waals surface area contributed by atoms with Crippen LogP contribution < -0.4 is 10.1 Å². The van der Waals surface area contributed by atoms with Crippen molar-refractivity contribution in [3.8, 4) is 5.75 Å². The SMILES string of the molecule is O=C(COc1ccccc1)N[C@@H]1C(=O)N2[C@@H]1S[C@@H]1CC(=O)O[C@@]12C(=O)OCc1ccc(Br)cc1. The molecule has 2 aromatic rings. The van der Waals surface area contributed by atoms with Crippen LogP contribution in [0.5, 0.6) is 5.75 Å². The van der Waals surface area contributed by atoms with Crippen molar-refractivity contribution in [2.24, 2.45) is 0 Å². The van der Waals surface area contributed by atoms with Crippen LogP contribution in [-0.4, -0.2) is 57.7 Å². The number of benzene rings is 2. The van der Waals surface area contributed by atoms with Crippen molar-refractivity contribution in [1.29, 1.82) is 0 Å². The van der Waals surface area contributed by atoms with E-state index >= 15 is 0 Å². The molecule has 0 aromatic heterocycles. The molecule has 0 saturated carbocycles. The van der Waals surface area contributed by atoms with Gasteiger partial charge in [-0.2, -0.15) is 0 Å². The van der Waals surface area contributed by atoms with Crippen LogP contribution in [0.1, 0.15) is 12.0 Å². The number of thioether (sulfide) groups is 1. The molecule has 3 aliphatic heterocycles. The molecule has 2 amide bonds. The number of ether oxygens (including phenoxy) is 3. The van der Waals surface area contributed by atoms with Crippen molar-refractivity contribution in [2.75, 3.05) is 6.61 Å². The van der Waals surface area contributed by atoms with Gasteiger partial charge < -0.3 is 19.5 Å². The predicted octanol–water partition coefficient (Wildman–Crippen LogP) is 1.98. The first-order valence-electron chi connectivity index (χ1n) is 10.5. The normalized spacial score (nSPS) is 26.7. The van der Waals surface area contributed by atoms with Gasteiger partial charge in [-0.3, -0.25) is 19.3 Å². The summed E-state index contributed by atoms with van der Waals surface area (Å²) in [7, 11) is 0. The van der Waals surface area contributed by atoms with Crippen molar-refractivity contribution in [1.82, 2.24) is 10.2 Å². The summed E-state index contributed by atoms with van der Waals surface area (Å²) in [4.78, 5) is 51.8. The zero-order chi connectivity index (χ0) is 23.9. The molecular weight excluding hydrogens is 528 g/mol. The molecule has 3 heterocycles. The molecule has 2 aromatic carbocycles. The third kappa shape index (κ3) is 3.92. The molecule has 5 rings (SSSR count). The highest BCUT2D eigenvalue weighted by Crippen LogP contribution is 2.55. The lowest BCUT2D eigenvalue weighted by atomic mass is 9.98. The largest absolute Gasteiger partial charge is 0.484 e. The first-order valence-corrected chi connectivity index (χ1v) is 12.2. The number of amides is 2. The van der Waals surface area contributed by atoms with E-state index in [1.807, 2.05) is 18.2 Å². The number of nitrogens with one attached hydrogen (secondary N) is 1. The summed E-state index contributed by atoms with van der Waals surface area (Å²) >= 11 is 4.60. The quantitative estimate of drug-likeness (QED) is 0.414. The molecular formula is C23H19BrN2O7S. The second kappa shape index (κ2) is 8.95. The first kappa shape index (κ1) is 22.7. The van der Waals surface area contributed by atoms with Crippen molar-refractivity contribution < 1.29 is 33.4 Å². The topological polar surface area (TPSA) is 111 Å². The average molecular weight is 547 g/mol. The number of hydrogen-bond donors (Lipinski definition) is 1. The van der Waals surface area contributed by atoms with Gasteiger partial charge in [-0.15, -0.1) is 11.8 Å². The Morgan fingerprint density at radius 2 is 1.88 bits per heavy atom. The highest BCUT2D eigenvalue weighted by Gasteiger charge is 2.75. The van der Waals surface area contributed by atoms with Crippen LogP contribution in [0.15, 0.2) is 59.1 Å². The second-order valence-corrected chi connectivity index (χ2v) is 10.2. The number of rotatable bonds is 7. The van der Waals surface area contributed by atoms with Gasteiger partial charge >= 0.3 is 11.9 Å². The van der Waals surface area contributed by atoms with Gasteiger partial charge in [0, 0.05) is 4.47 Å². The third-order valence-electron chi connectivity index (χ3n) is 5.77. The van der Waals surface area contributed by atoms with Crippen molar-refractivity contribution in [3.63, 3.8) is 0 Å². The van der Waals surface area contributed by atoms with Gasteiger partial charge in [0.2, 0.25) is 0 Å². The van der Waals surface area contributed by atoms with Crippen LogP contribution in [0, 0.1) is 0 Å². The molecule has 0 aliphatic carbocycles. The van der Waals surface area contributed by atoms with Crippen LogP contribution >= 0.6 is 27.7 Å². The Labute approximate surface area is 207 Å². The zero-order valence-electron chi connectivity index (χ0n) is 17.6. The lowest BCUT2D eigenvalue weighted by Gasteiger charge is -2.46. The second-order valence-electron chi connectivity index (χ2n) is 7.95. The van der Waals surface area contributed by atoms with Gasteiger partial charge in [-0.25, -0.2) is 4.79 Å². The van der Waals surface area contributed by atoms with Crippen molar-refractivity contribution in [2.45, 2.75) is 35.4 Å². The third-order valence-corrected chi connectivity index (χ3v) is 7.87. The molecule has 34 heavy (non-hydrogen) atoms. The van der Waals surface area contributed by atoms with Gasteiger partial charge in [-0.05, 0) is 29.8 Å². The highest BCUT2D eigenvalue weighted by atomic mass is 79.9. The standard InChI is InChI=1S/C23H19BrN2O7S/c24-14-8-6-13(7-9-14)11-32-22(30)23-16(10-18(28)33-23)34-21-19(20(29)26(21)23)25-17(27)12-31-15-4-2-1-3-5-15/h1-9,16,19,21H,10-12H2,(H,25,27)/t16-,19-,21-,23-/m1/s1. The van der Waals surface area contributed by atoms with E-state index in [1.54, 1.807) is 36.4 Å². The maximum absolute atomic E-state index is 13.1.